The molecule has 10 nitrogen and oxygen atoms in total. The molecule has 0 atom stereocenters. The summed E-state index contributed by atoms with van der Waals surface area (Å²) >= 11 is 0. The van der Waals surface area contributed by atoms with Crippen LogP contribution in [0.1, 0.15) is 65.7 Å². The molecule has 13 heteroatoms. The predicted octanol–water partition coefficient (Wildman–Crippen LogP) is 6.42. The predicted molar refractivity (Wildman–Crippen MR) is 177 cm³/mol. The lowest BCUT2D eigenvalue weighted by molar-refractivity contribution is -0.138. The standard InChI is InChI=1S/C36H37F3N8O2/c1-35(2)20-46(10-11-49-35)18-24-13-28-29(30(14-24)36(37,38)39)19-47(34(28)48)32-16-25(15-31(43-32)41-9-8-22-4-5-22)27-12-23(17-40)6-7-26(27)33-44-42-21-45(33)3/h6-7,12-16,21-22H,4-5,8-11,18-20H2,1-3H3,(H,41,43). The number of aryl methyl sites for hydroxylation is 1. The molecule has 49 heavy (non-hydrogen) atoms. The Morgan fingerprint density at radius 1 is 1.10 bits per heavy atom. The number of nitrogens with zero attached hydrogens (tertiary/aromatic N) is 7. The molecule has 0 radical (unpaired) electrons. The fourth-order valence-corrected chi connectivity index (χ4v) is 6.79. The summed E-state index contributed by atoms with van der Waals surface area (Å²) in [5.41, 5.74) is 1.55. The van der Waals surface area contributed by atoms with Crippen LogP contribution in [0.3, 0.4) is 0 Å². The summed E-state index contributed by atoms with van der Waals surface area (Å²) in [6, 6.07) is 13.7. The average molecular weight is 671 g/mol. The van der Waals surface area contributed by atoms with Crippen molar-refractivity contribution in [3.05, 3.63) is 76.6 Å². The SMILES string of the molecule is Cn1cnnc1-c1ccc(C#N)cc1-c1cc(NCCC2CC2)nc(N2Cc3c(cc(CN4CCOC(C)(C)C4)cc3C(F)(F)F)C2=O)c1. The van der Waals surface area contributed by atoms with Gasteiger partial charge in [-0.2, -0.15) is 18.4 Å². The molecule has 2 aromatic heterocycles. The molecule has 4 heterocycles. The van der Waals surface area contributed by atoms with E-state index in [0.29, 0.717) is 71.6 Å². The molecule has 1 saturated carbocycles. The maximum atomic E-state index is 14.6. The largest absolute Gasteiger partial charge is 0.416 e. The number of pyridine rings is 1. The number of nitrogens with one attached hydrogen (secondary N) is 1. The molecule has 0 unspecified atom stereocenters. The number of ether oxygens (including phenoxy) is 1. The van der Waals surface area contributed by atoms with Crippen LogP contribution in [0.2, 0.25) is 0 Å². The van der Waals surface area contributed by atoms with Crippen LogP contribution in [0.5, 0.6) is 0 Å². The molecule has 7 rings (SSSR count). The Bertz CT molecular complexity index is 1960. The van der Waals surface area contributed by atoms with Crippen LogP contribution < -0.4 is 10.2 Å². The zero-order chi connectivity index (χ0) is 34.5. The maximum absolute atomic E-state index is 14.6. The van der Waals surface area contributed by atoms with E-state index in [4.69, 9.17) is 9.72 Å². The Morgan fingerprint density at radius 2 is 1.92 bits per heavy atom. The van der Waals surface area contributed by atoms with Crippen molar-refractivity contribution < 1.29 is 22.7 Å². The minimum Gasteiger partial charge on any atom is -0.373 e. The molecule has 0 spiro atoms. The average Bonchev–Trinajstić information content (AvgIpc) is 3.69. The second-order valence-corrected chi connectivity index (χ2v) is 13.8. The molecule has 0 bridgehead atoms. The van der Waals surface area contributed by atoms with Gasteiger partial charge in [0.2, 0.25) is 0 Å². The number of fused-ring (bicyclic) bond motifs is 1. The number of carbonyl (C=O) groups is 1. The number of hydrogen-bond acceptors (Lipinski definition) is 8. The van der Waals surface area contributed by atoms with Gasteiger partial charge in [-0.15, -0.1) is 10.2 Å². The molecule has 2 aliphatic heterocycles. The van der Waals surface area contributed by atoms with Gasteiger partial charge in [-0.1, -0.05) is 12.8 Å². The number of morpholine rings is 1. The first-order chi connectivity index (χ1) is 23.4. The topological polar surface area (TPSA) is 112 Å². The summed E-state index contributed by atoms with van der Waals surface area (Å²) in [6.45, 7) is 6.16. The van der Waals surface area contributed by atoms with E-state index < -0.39 is 23.2 Å². The first-order valence-corrected chi connectivity index (χ1v) is 16.4. The van der Waals surface area contributed by atoms with Crippen molar-refractivity contribution in [2.45, 2.75) is 58.0 Å². The second kappa shape index (κ2) is 12.6. The van der Waals surface area contributed by atoms with Crippen molar-refractivity contribution in [1.29, 1.82) is 5.26 Å². The zero-order valence-corrected chi connectivity index (χ0v) is 27.6. The number of alkyl halides is 3. The van der Waals surface area contributed by atoms with Crippen molar-refractivity contribution in [2.75, 3.05) is 36.5 Å². The molecule has 4 aromatic rings. The molecule has 1 N–H and O–H groups in total. The summed E-state index contributed by atoms with van der Waals surface area (Å²) in [5, 5.41) is 21.4. The van der Waals surface area contributed by atoms with Gasteiger partial charge in [0, 0.05) is 44.4 Å². The second-order valence-electron chi connectivity index (χ2n) is 13.8. The number of halogens is 3. The fraction of sp³-hybridized carbons (Fsp3) is 0.417. The third kappa shape index (κ3) is 6.89. The highest BCUT2D eigenvalue weighted by molar-refractivity contribution is 6.10. The van der Waals surface area contributed by atoms with Crippen LogP contribution in [0.15, 0.2) is 48.8 Å². The summed E-state index contributed by atoms with van der Waals surface area (Å²) in [5.74, 6) is 1.38. The lowest BCUT2D eigenvalue weighted by atomic mass is 9.97. The number of rotatable bonds is 9. The van der Waals surface area contributed by atoms with Crippen molar-refractivity contribution in [1.82, 2.24) is 24.6 Å². The van der Waals surface area contributed by atoms with Gasteiger partial charge in [0.05, 0.1) is 35.9 Å². The normalized spacial score (nSPS) is 17.7. The monoisotopic (exact) mass is 670 g/mol. The molecule has 2 aromatic carbocycles. The molecule has 254 valence electrons. The first-order valence-electron chi connectivity index (χ1n) is 16.4. The van der Waals surface area contributed by atoms with E-state index in [1.807, 2.05) is 27.0 Å². The quantitative estimate of drug-likeness (QED) is 0.217. The Balaban J connectivity index is 1.29. The van der Waals surface area contributed by atoms with Gasteiger partial charge in [-0.3, -0.25) is 14.6 Å². The summed E-state index contributed by atoms with van der Waals surface area (Å²) in [4.78, 5) is 22.2. The van der Waals surface area contributed by atoms with E-state index in [1.54, 1.807) is 41.2 Å². The molecule has 1 aliphatic carbocycles. The Kier molecular flexibility index (Phi) is 8.40. The molecular weight excluding hydrogens is 633 g/mol. The van der Waals surface area contributed by atoms with Crippen molar-refractivity contribution in [3.8, 4) is 28.6 Å². The van der Waals surface area contributed by atoms with Crippen LogP contribution in [0.4, 0.5) is 24.8 Å². The van der Waals surface area contributed by atoms with E-state index >= 15 is 0 Å². The zero-order valence-electron chi connectivity index (χ0n) is 27.6. The van der Waals surface area contributed by atoms with Crippen LogP contribution in [-0.4, -0.2) is 62.4 Å². The lowest BCUT2D eigenvalue weighted by Gasteiger charge is -2.38. The number of carbonyl (C=O) groups excluding carboxylic acids is 1. The highest BCUT2D eigenvalue weighted by Crippen LogP contribution is 2.41. The van der Waals surface area contributed by atoms with Gasteiger partial charge in [0.25, 0.3) is 5.91 Å². The van der Waals surface area contributed by atoms with Crippen LogP contribution in [0.25, 0.3) is 22.5 Å². The third-order valence-corrected chi connectivity index (χ3v) is 9.37. The highest BCUT2D eigenvalue weighted by atomic mass is 19.4. The number of aromatic nitrogens is 4. The number of amides is 1. The van der Waals surface area contributed by atoms with Crippen molar-refractivity contribution >= 4 is 17.5 Å². The number of benzene rings is 2. The summed E-state index contributed by atoms with van der Waals surface area (Å²) in [6.07, 6.45) is 0.258. The van der Waals surface area contributed by atoms with Gasteiger partial charge in [0.1, 0.15) is 18.0 Å². The molecule has 1 saturated heterocycles. The third-order valence-electron chi connectivity index (χ3n) is 9.37. The molecule has 2 fully saturated rings. The fourth-order valence-electron chi connectivity index (χ4n) is 6.79. The summed E-state index contributed by atoms with van der Waals surface area (Å²) in [7, 11) is 1.81. The smallest absolute Gasteiger partial charge is 0.373 e. The Hall–Kier alpha value is -4.80. The molecule has 3 aliphatic rings. The van der Waals surface area contributed by atoms with E-state index in [0.717, 1.165) is 6.42 Å². The minimum absolute atomic E-state index is 0.0269. The lowest BCUT2D eigenvalue weighted by Crippen LogP contribution is -2.47. The van der Waals surface area contributed by atoms with Gasteiger partial charge in [-0.05, 0) is 90.9 Å². The van der Waals surface area contributed by atoms with Gasteiger partial charge in [-0.25, -0.2) is 4.98 Å². The van der Waals surface area contributed by atoms with E-state index in [9.17, 15) is 23.2 Å². The molecular formula is C36H37F3N8O2. The van der Waals surface area contributed by atoms with E-state index in [2.05, 4.69) is 26.5 Å². The van der Waals surface area contributed by atoms with Gasteiger partial charge < -0.3 is 14.6 Å². The van der Waals surface area contributed by atoms with E-state index in [-0.39, 0.29) is 30.0 Å². The number of nitriles is 1. The van der Waals surface area contributed by atoms with Crippen molar-refractivity contribution in [3.63, 3.8) is 0 Å². The minimum atomic E-state index is -4.66. The number of hydrogen-bond donors (Lipinski definition) is 1. The van der Waals surface area contributed by atoms with E-state index in [1.165, 1.54) is 23.8 Å². The molecule has 1 amide bonds. The Labute approximate surface area is 282 Å². The van der Waals surface area contributed by atoms with Crippen LogP contribution in [0, 0.1) is 17.2 Å². The van der Waals surface area contributed by atoms with Crippen LogP contribution in [-0.2, 0) is 31.1 Å². The van der Waals surface area contributed by atoms with Gasteiger partial charge >= 0.3 is 6.18 Å². The van der Waals surface area contributed by atoms with Crippen molar-refractivity contribution in [2.24, 2.45) is 13.0 Å². The summed E-state index contributed by atoms with van der Waals surface area (Å²) < 4.78 is 51.3. The Morgan fingerprint density at radius 3 is 2.61 bits per heavy atom. The highest BCUT2D eigenvalue weighted by Gasteiger charge is 2.41. The number of anilines is 2. The van der Waals surface area contributed by atoms with Crippen LogP contribution >= 0.6 is 0 Å². The van der Waals surface area contributed by atoms with Gasteiger partial charge in [0.15, 0.2) is 5.82 Å². The first kappa shape index (κ1) is 32.7. The maximum Gasteiger partial charge on any atom is 0.416 e.